The Balaban J connectivity index is 2.08. The van der Waals surface area contributed by atoms with Crippen LogP contribution in [0.25, 0.3) is 22.6 Å². The normalized spacial score (nSPS) is 10.8. The van der Waals surface area contributed by atoms with Crippen LogP contribution in [0.1, 0.15) is 16.7 Å². The Morgan fingerprint density at radius 1 is 1.08 bits per heavy atom. The highest BCUT2D eigenvalue weighted by Gasteiger charge is 2.19. The average Bonchev–Trinajstić information content (AvgIpc) is 2.98. The SMILES string of the molecule is Cc1cc(C)cc(-c2onc(-c3ccc([N+](=O)[O-])cc3)c2CO)c1. The molecule has 0 aliphatic rings. The number of benzene rings is 2. The number of aliphatic hydroxyl groups excluding tert-OH is 1. The van der Waals surface area contributed by atoms with Crippen molar-refractivity contribution in [3.05, 3.63) is 69.3 Å². The highest BCUT2D eigenvalue weighted by molar-refractivity contribution is 5.73. The van der Waals surface area contributed by atoms with E-state index in [0.717, 1.165) is 16.7 Å². The number of aliphatic hydroxyl groups is 1. The summed E-state index contributed by atoms with van der Waals surface area (Å²) in [6, 6.07) is 12.0. The van der Waals surface area contributed by atoms with Gasteiger partial charge < -0.3 is 9.63 Å². The number of rotatable bonds is 4. The average molecular weight is 324 g/mol. The first-order valence-electron chi connectivity index (χ1n) is 7.42. The van der Waals surface area contributed by atoms with Gasteiger partial charge in [0.25, 0.3) is 5.69 Å². The number of non-ortho nitro benzene ring substituents is 1. The van der Waals surface area contributed by atoms with E-state index in [2.05, 4.69) is 11.2 Å². The molecule has 6 nitrogen and oxygen atoms in total. The third-order valence-electron chi connectivity index (χ3n) is 3.78. The molecule has 0 unspecified atom stereocenters. The van der Waals surface area contributed by atoms with Gasteiger partial charge in [-0.3, -0.25) is 10.1 Å². The Bertz CT molecular complexity index is 878. The summed E-state index contributed by atoms with van der Waals surface area (Å²) in [6.07, 6.45) is 0. The highest BCUT2D eigenvalue weighted by atomic mass is 16.6. The predicted molar refractivity (Wildman–Crippen MR) is 89.4 cm³/mol. The van der Waals surface area contributed by atoms with Gasteiger partial charge in [-0.05, 0) is 38.1 Å². The minimum atomic E-state index is -0.458. The van der Waals surface area contributed by atoms with Gasteiger partial charge in [0, 0.05) is 23.3 Å². The molecule has 1 aromatic heterocycles. The molecule has 2 aromatic carbocycles. The maximum Gasteiger partial charge on any atom is 0.269 e. The third-order valence-corrected chi connectivity index (χ3v) is 3.78. The van der Waals surface area contributed by atoms with E-state index in [1.54, 1.807) is 12.1 Å². The van der Waals surface area contributed by atoms with Crippen molar-refractivity contribution in [2.75, 3.05) is 0 Å². The van der Waals surface area contributed by atoms with Crippen LogP contribution >= 0.6 is 0 Å². The summed E-state index contributed by atoms with van der Waals surface area (Å²) in [7, 11) is 0. The van der Waals surface area contributed by atoms with Crippen molar-refractivity contribution in [1.82, 2.24) is 5.16 Å². The zero-order valence-corrected chi connectivity index (χ0v) is 13.3. The molecule has 0 fully saturated rings. The lowest BCUT2D eigenvalue weighted by atomic mass is 10.00. The summed E-state index contributed by atoms with van der Waals surface area (Å²) in [5, 5.41) is 24.6. The van der Waals surface area contributed by atoms with Crippen molar-refractivity contribution in [3.63, 3.8) is 0 Å². The molecule has 1 heterocycles. The fourth-order valence-corrected chi connectivity index (χ4v) is 2.76. The molecule has 0 saturated heterocycles. The van der Waals surface area contributed by atoms with Gasteiger partial charge in [-0.1, -0.05) is 22.3 Å². The lowest BCUT2D eigenvalue weighted by Gasteiger charge is -2.04. The Hall–Kier alpha value is -2.99. The number of hydrogen-bond donors (Lipinski definition) is 1. The monoisotopic (exact) mass is 324 g/mol. The maximum absolute atomic E-state index is 10.8. The zero-order chi connectivity index (χ0) is 17.3. The van der Waals surface area contributed by atoms with Crippen molar-refractivity contribution in [2.45, 2.75) is 20.5 Å². The van der Waals surface area contributed by atoms with Gasteiger partial charge in [-0.25, -0.2) is 0 Å². The van der Waals surface area contributed by atoms with Crippen LogP contribution in [-0.2, 0) is 6.61 Å². The zero-order valence-electron chi connectivity index (χ0n) is 13.3. The molecule has 24 heavy (non-hydrogen) atoms. The van der Waals surface area contributed by atoms with E-state index in [0.29, 0.717) is 22.6 Å². The van der Waals surface area contributed by atoms with Gasteiger partial charge in [0.05, 0.1) is 17.1 Å². The van der Waals surface area contributed by atoms with Crippen LogP contribution in [0.15, 0.2) is 47.0 Å². The minimum Gasteiger partial charge on any atom is -0.391 e. The quantitative estimate of drug-likeness (QED) is 0.578. The summed E-state index contributed by atoms with van der Waals surface area (Å²) in [4.78, 5) is 10.3. The molecule has 0 amide bonds. The molecule has 0 aliphatic carbocycles. The van der Waals surface area contributed by atoms with E-state index in [1.165, 1.54) is 12.1 Å². The summed E-state index contributed by atoms with van der Waals surface area (Å²) in [5.74, 6) is 0.512. The Kier molecular flexibility index (Phi) is 4.14. The Labute approximate surface area is 138 Å². The van der Waals surface area contributed by atoms with E-state index in [-0.39, 0.29) is 12.3 Å². The smallest absolute Gasteiger partial charge is 0.269 e. The van der Waals surface area contributed by atoms with Gasteiger partial charge in [0.2, 0.25) is 0 Å². The lowest BCUT2D eigenvalue weighted by Crippen LogP contribution is -1.91. The third kappa shape index (κ3) is 2.91. The topological polar surface area (TPSA) is 89.4 Å². The van der Waals surface area contributed by atoms with Gasteiger partial charge >= 0.3 is 0 Å². The van der Waals surface area contributed by atoms with Gasteiger partial charge in [-0.2, -0.15) is 0 Å². The van der Waals surface area contributed by atoms with Crippen molar-refractivity contribution in [3.8, 4) is 22.6 Å². The highest BCUT2D eigenvalue weighted by Crippen LogP contribution is 2.33. The number of hydrogen-bond acceptors (Lipinski definition) is 5. The van der Waals surface area contributed by atoms with Crippen molar-refractivity contribution >= 4 is 5.69 Å². The second kappa shape index (κ2) is 6.25. The van der Waals surface area contributed by atoms with Crippen molar-refractivity contribution < 1.29 is 14.6 Å². The standard InChI is InChI=1S/C18H16N2O4/c1-11-7-12(2)9-14(8-11)18-16(10-21)17(19-24-18)13-3-5-15(6-4-13)20(22)23/h3-9,21H,10H2,1-2H3. The van der Waals surface area contributed by atoms with Crippen LogP contribution in [-0.4, -0.2) is 15.2 Å². The molecular formula is C18H16N2O4. The molecule has 0 radical (unpaired) electrons. The molecule has 0 saturated carbocycles. The summed E-state index contributed by atoms with van der Waals surface area (Å²) < 4.78 is 5.47. The van der Waals surface area contributed by atoms with E-state index in [9.17, 15) is 15.2 Å². The molecule has 122 valence electrons. The van der Waals surface area contributed by atoms with E-state index >= 15 is 0 Å². The number of nitro benzene ring substituents is 1. The first-order valence-corrected chi connectivity index (χ1v) is 7.42. The number of nitro groups is 1. The molecular weight excluding hydrogens is 308 g/mol. The van der Waals surface area contributed by atoms with E-state index < -0.39 is 4.92 Å². The molecule has 3 rings (SSSR count). The van der Waals surface area contributed by atoms with E-state index in [4.69, 9.17) is 4.52 Å². The van der Waals surface area contributed by atoms with Crippen LogP contribution in [0.2, 0.25) is 0 Å². The largest absolute Gasteiger partial charge is 0.391 e. The summed E-state index contributed by atoms with van der Waals surface area (Å²) >= 11 is 0. The van der Waals surface area contributed by atoms with Crippen LogP contribution < -0.4 is 0 Å². The summed E-state index contributed by atoms with van der Waals surface area (Å²) in [5.41, 5.74) is 4.73. The Morgan fingerprint density at radius 2 is 1.71 bits per heavy atom. The van der Waals surface area contributed by atoms with Gasteiger partial charge in [0.15, 0.2) is 5.76 Å². The molecule has 0 spiro atoms. The maximum atomic E-state index is 10.8. The number of aryl methyl sites for hydroxylation is 2. The van der Waals surface area contributed by atoms with Crippen molar-refractivity contribution in [2.24, 2.45) is 0 Å². The number of nitrogens with zero attached hydrogens (tertiary/aromatic N) is 2. The van der Waals surface area contributed by atoms with Crippen LogP contribution in [0, 0.1) is 24.0 Å². The molecule has 6 heteroatoms. The Morgan fingerprint density at radius 3 is 2.25 bits per heavy atom. The van der Waals surface area contributed by atoms with E-state index in [1.807, 2.05) is 26.0 Å². The van der Waals surface area contributed by atoms with Crippen LogP contribution in [0.3, 0.4) is 0 Å². The van der Waals surface area contributed by atoms with Gasteiger partial charge in [0.1, 0.15) is 5.69 Å². The van der Waals surface area contributed by atoms with Crippen LogP contribution in [0.5, 0.6) is 0 Å². The second-order valence-corrected chi connectivity index (χ2v) is 5.68. The fraction of sp³-hybridized carbons (Fsp3) is 0.167. The first kappa shape index (κ1) is 15.9. The van der Waals surface area contributed by atoms with Crippen LogP contribution in [0.4, 0.5) is 5.69 Å². The molecule has 0 atom stereocenters. The van der Waals surface area contributed by atoms with Crippen molar-refractivity contribution in [1.29, 1.82) is 0 Å². The number of aromatic nitrogens is 1. The fourth-order valence-electron chi connectivity index (χ4n) is 2.76. The molecule has 1 N–H and O–H groups in total. The molecule has 0 aliphatic heterocycles. The second-order valence-electron chi connectivity index (χ2n) is 5.68. The summed E-state index contributed by atoms with van der Waals surface area (Å²) in [6.45, 7) is 3.74. The lowest BCUT2D eigenvalue weighted by molar-refractivity contribution is -0.384. The van der Waals surface area contributed by atoms with Gasteiger partial charge in [-0.15, -0.1) is 0 Å². The predicted octanol–water partition coefficient (Wildman–Crippen LogP) is 4.03. The molecule has 0 bridgehead atoms. The first-order chi connectivity index (χ1) is 11.5. The molecule has 3 aromatic rings. The minimum absolute atomic E-state index is 0.00215.